The molecule has 1 N–H and O–H groups in total. The Balaban J connectivity index is 1.80. The zero-order valence-corrected chi connectivity index (χ0v) is 12.9. The van der Waals surface area contributed by atoms with Crippen LogP contribution in [0.25, 0.3) is 22.6 Å². The fourth-order valence-corrected chi connectivity index (χ4v) is 3.15. The molecule has 118 valence electrons. The number of imidazole rings is 1. The number of aromatic hydroxyl groups is 1. The summed E-state index contributed by atoms with van der Waals surface area (Å²) in [5, 5.41) is 9.78. The lowest BCUT2D eigenvalue weighted by molar-refractivity contribution is 0.00678. The lowest BCUT2D eigenvalue weighted by atomic mass is 10.1. The summed E-state index contributed by atoms with van der Waals surface area (Å²) in [5.74, 6) is 1.06. The number of hydrogen-bond donors (Lipinski definition) is 1. The molecule has 0 spiro atoms. The Hall–Kier alpha value is -2.40. The van der Waals surface area contributed by atoms with Crippen molar-refractivity contribution in [3.8, 4) is 17.1 Å². The van der Waals surface area contributed by atoms with Crippen molar-refractivity contribution in [3.05, 3.63) is 42.6 Å². The SMILES string of the molecule is Oc1cccc(-c2nc3cccnc3n2CC2CCCCO2)c1. The molecule has 0 amide bonds. The van der Waals surface area contributed by atoms with Gasteiger partial charge in [-0.2, -0.15) is 0 Å². The van der Waals surface area contributed by atoms with Gasteiger partial charge in [0.25, 0.3) is 0 Å². The fraction of sp³-hybridized carbons (Fsp3) is 0.333. The highest BCUT2D eigenvalue weighted by Crippen LogP contribution is 2.27. The maximum absolute atomic E-state index is 9.78. The summed E-state index contributed by atoms with van der Waals surface area (Å²) >= 11 is 0. The molecule has 1 unspecified atom stereocenters. The Morgan fingerprint density at radius 1 is 1.22 bits per heavy atom. The van der Waals surface area contributed by atoms with Crippen molar-refractivity contribution < 1.29 is 9.84 Å². The second kappa shape index (κ2) is 6.01. The standard InChI is InChI=1S/C18H19N3O2/c22-14-6-3-5-13(11-14)17-20-16-8-4-9-19-18(16)21(17)12-15-7-1-2-10-23-15/h3-6,8-9,11,15,22H,1-2,7,10,12H2. The molecule has 2 aromatic heterocycles. The average Bonchev–Trinajstić information content (AvgIpc) is 2.95. The van der Waals surface area contributed by atoms with Gasteiger partial charge < -0.3 is 14.4 Å². The predicted octanol–water partition coefficient (Wildman–Crippen LogP) is 3.37. The van der Waals surface area contributed by atoms with Gasteiger partial charge in [0.1, 0.15) is 17.1 Å². The number of phenolic OH excluding ortho intramolecular Hbond substituents is 1. The third-order valence-corrected chi connectivity index (χ3v) is 4.27. The van der Waals surface area contributed by atoms with Crippen LogP contribution < -0.4 is 0 Å². The second-order valence-electron chi connectivity index (χ2n) is 5.93. The molecule has 0 aliphatic carbocycles. The van der Waals surface area contributed by atoms with Gasteiger partial charge in [-0.25, -0.2) is 9.97 Å². The Labute approximate surface area is 134 Å². The molecule has 3 aromatic rings. The number of nitrogens with zero attached hydrogens (tertiary/aromatic N) is 3. The van der Waals surface area contributed by atoms with E-state index in [-0.39, 0.29) is 11.9 Å². The lowest BCUT2D eigenvalue weighted by Gasteiger charge is -2.23. The highest BCUT2D eigenvalue weighted by molar-refractivity contribution is 5.77. The van der Waals surface area contributed by atoms with E-state index in [9.17, 15) is 5.11 Å². The van der Waals surface area contributed by atoms with Crippen molar-refractivity contribution in [1.29, 1.82) is 0 Å². The molecule has 3 heterocycles. The highest BCUT2D eigenvalue weighted by atomic mass is 16.5. The second-order valence-corrected chi connectivity index (χ2v) is 5.93. The van der Waals surface area contributed by atoms with Gasteiger partial charge in [0.2, 0.25) is 0 Å². The van der Waals surface area contributed by atoms with Gasteiger partial charge in [0.15, 0.2) is 5.65 Å². The molecule has 0 radical (unpaired) electrons. The smallest absolute Gasteiger partial charge is 0.160 e. The van der Waals surface area contributed by atoms with Crippen molar-refractivity contribution in [3.63, 3.8) is 0 Å². The van der Waals surface area contributed by atoms with E-state index >= 15 is 0 Å². The normalized spacial score (nSPS) is 18.3. The van der Waals surface area contributed by atoms with Gasteiger partial charge in [0.05, 0.1) is 12.6 Å². The Bertz CT molecular complexity index is 822. The first kappa shape index (κ1) is 14.2. The maximum Gasteiger partial charge on any atom is 0.160 e. The molecule has 0 bridgehead atoms. The Kier molecular flexibility index (Phi) is 3.71. The summed E-state index contributed by atoms with van der Waals surface area (Å²) in [5.41, 5.74) is 2.61. The molecule has 1 saturated heterocycles. The van der Waals surface area contributed by atoms with Gasteiger partial charge in [-0.15, -0.1) is 0 Å². The Morgan fingerprint density at radius 3 is 3.00 bits per heavy atom. The van der Waals surface area contributed by atoms with E-state index in [1.54, 1.807) is 18.3 Å². The third-order valence-electron chi connectivity index (χ3n) is 4.27. The summed E-state index contributed by atoms with van der Waals surface area (Å²) in [4.78, 5) is 9.22. The molecule has 1 atom stereocenters. The van der Waals surface area contributed by atoms with Crippen LogP contribution in [0.5, 0.6) is 5.75 Å². The first-order chi connectivity index (χ1) is 11.3. The summed E-state index contributed by atoms with van der Waals surface area (Å²) in [6.45, 7) is 1.56. The van der Waals surface area contributed by atoms with Crippen LogP contribution in [0.1, 0.15) is 19.3 Å². The minimum atomic E-state index is 0.194. The van der Waals surface area contributed by atoms with Crippen LogP contribution in [0.4, 0.5) is 0 Å². The van der Waals surface area contributed by atoms with Gasteiger partial charge >= 0.3 is 0 Å². The Morgan fingerprint density at radius 2 is 2.17 bits per heavy atom. The molecule has 0 saturated carbocycles. The zero-order chi connectivity index (χ0) is 15.6. The zero-order valence-electron chi connectivity index (χ0n) is 12.9. The van der Waals surface area contributed by atoms with E-state index in [1.165, 1.54) is 6.42 Å². The molecule has 1 aliphatic rings. The summed E-state index contributed by atoms with van der Waals surface area (Å²) in [7, 11) is 0. The van der Waals surface area contributed by atoms with E-state index in [1.807, 2.05) is 24.3 Å². The summed E-state index contributed by atoms with van der Waals surface area (Å²) in [6, 6.07) is 11.0. The van der Waals surface area contributed by atoms with Gasteiger partial charge in [-0.05, 0) is 43.5 Å². The molecule has 23 heavy (non-hydrogen) atoms. The molecule has 1 fully saturated rings. The van der Waals surface area contributed by atoms with Gasteiger partial charge in [-0.3, -0.25) is 0 Å². The average molecular weight is 309 g/mol. The molecule has 1 aliphatic heterocycles. The van der Waals surface area contributed by atoms with E-state index in [2.05, 4.69) is 9.55 Å². The fourth-order valence-electron chi connectivity index (χ4n) is 3.15. The number of hydrogen-bond acceptors (Lipinski definition) is 4. The van der Waals surface area contributed by atoms with E-state index < -0.39 is 0 Å². The van der Waals surface area contributed by atoms with E-state index in [0.29, 0.717) is 0 Å². The molecule has 5 heteroatoms. The highest BCUT2D eigenvalue weighted by Gasteiger charge is 2.20. The number of benzene rings is 1. The van der Waals surface area contributed by atoms with Crippen molar-refractivity contribution >= 4 is 11.2 Å². The van der Waals surface area contributed by atoms with Crippen molar-refractivity contribution in [2.24, 2.45) is 0 Å². The van der Waals surface area contributed by atoms with Crippen LogP contribution in [0.2, 0.25) is 0 Å². The topological polar surface area (TPSA) is 60.2 Å². The first-order valence-corrected chi connectivity index (χ1v) is 8.03. The number of rotatable bonds is 3. The number of pyridine rings is 1. The largest absolute Gasteiger partial charge is 0.508 e. The first-order valence-electron chi connectivity index (χ1n) is 8.03. The van der Waals surface area contributed by atoms with Crippen LogP contribution in [0, 0.1) is 0 Å². The molecule has 5 nitrogen and oxygen atoms in total. The monoisotopic (exact) mass is 309 g/mol. The molecular weight excluding hydrogens is 290 g/mol. The van der Waals surface area contributed by atoms with Gasteiger partial charge in [0, 0.05) is 18.4 Å². The lowest BCUT2D eigenvalue weighted by Crippen LogP contribution is -2.24. The number of phenols is 1. The quantitative estimate of drug-likeness (QED) is 0.806. The number of ether oxygens (including phenoxy) is 1. The van der Waals surface area contributed by atoms with Gasteiger partial charge in [-0.1, -0.05) is 12.1 Å². The molecular formula is C18H19N3O2. The maximum atomic E-state index is 9.78. The van der Waals surface area contributed by atoms with Crippen molar-refractivity contribution in [1.82, 2.24) is 14.5 Å². The minimum absolute atomic E-state index is 0.194. The van der Waals surface area contributed by atoms with E-state index in [4.69, 9.17) is 9.72 Å². The molecule has 1 aromatic carbocycles. The van der Waals surface area contributed by atoms with Crippen LogP contribution >= 0.6 is 0 Å². The van der Waals surface area contributed by atoms with Crippen LogP contribution in [0.15, 0.2) is 42.6 Å². The summed E-state index contributed by atoms with van der Waals surface area (Å²) in [6.07, 6.45) is 5.38. The van der Waals surface area contributed by atoms with Crippen LogP contribution in [-0.4, -0.2) is 32.4 Å². The minimum Gasteiger partial charge on any atom is -0.508 e. The number of fused-ring (bicyclic) bond motifs is 1. The third kappa shape index (κ3) is 2.80. The van der Waals surface area contributed by atoms with E-state index in [0.717, 1.165) is 48.5 Å². The van der Waals surface area contributed by atoms with Crippen molar-refractivity contribution in [2.45, 2.75) is 31.9 Å². The van der Waals surface area contributed by atoms with Crippen LogP contribution in [0.3, 0.4) is 0 Å². The molecule has 4 rings (SSSR count). The van der Waals surface area contributed by atoms with Crippen LogP contribution in [-0.2, 0) is 11.3 Å². The summed E-state index contributed by atoms with van der Waals surface area (Å²) < 4.78 is 8.00. The predicted molar refractivity (Wildman–Crippen MR) is 88.2 cm³/mol. The van der Waals surface area contributed by atoms with Crippen molar-refractivity contribution in [2.75, 3.05) is 6.61 Å². The number of aromatic nitrogens is 3.